The molecular weight excluding hydrogens is 356 g/mol. The molecule has 0 unspecified atom stereocenters. The zero-order chi connectivity index (χ0) is 18.4. The Morgan fingerprint density at radius 3 is 2.69 bits per heavy atom. The summed E-state index contributed by atoms with van der Waals surface area (Å²) in [5.41, 5.74) is 2.32. The fourth-order valence-corrected chi connectivity index (χ4v) is 3.21. The molecule has 0 saturated carbocycles. The van der Waals surface area contributed by atoms with E-state index in [4.69, 9.17) is 9.47 Å². The molecule has 0 atom stereocenters. The largest absolute Gasteiger partial charge is 0.451 e. The Balaban J connectivity index is 1.49. The maximum Gasteiger partial charge on any atom is 0.352 e. The predicted octanol–water partition coefficient (Wildman–Crippen LogP) is 1.73. The van der Waals surface area contributed by atoms with Crippen LogP contribution >= 0.6 is 11.5 Å². The van der Waals surface area contributed by atoms with E-state index in [1.165, 1.54) is 0 Å². The van der Waals surface area contributed by atoms with Crippen molar-refractivity contribution in [2.24, 2.45) is 0 Å². The van der Waals surface area contributed by atoms with Crippen LogP contribution in [0.4, 0.5) is 11.4 Å². The molecule has 1 aromatic carbocycles. The van der Waals surface area contributed by atoms with Crippen molar-refractivity contribution in [3.05, 3.63) is 34.8 Å². The zero-order valence-corrected chi connectivity index (χ0v) is 15.3. The van der Waals surface area contributed by atoms with Crippen molar-refractivity contribution in [3.8, 4) is 0 Å². The van der Waals surface area contributed by atoms with Gasteiger partial charge in [-0.1, -0.05) is 11.4 Å². The number of benzene rings is 1. The molecule has 0 bridgehead atoms. The SMILES string of the molecule is CCc1nnsc1C(=O)OCC(=O)Nc1ccc(N2CCOCC2)cc1. The molecule has 2 heterocycles. The number of morpholine rings is 1. The van der Waals surface area contributed by atoms with Crippen molar-refractivity contribution in [2.75, 3.05) is 43.1 Å². The first-order chi connectivity index (χ1) is 12.7. The third-order valence-electron chi connectivity index (χ3n) is 3.94. The number of aromatic nitrogens is 2. The smallest absolute Gasteiger partial charge is 0.352 e. The van der Waals surface area contributed by atoms with Crippen molar-refractivity contribution in [2.45, 2.75) is 13.3 Å². The minimum absolute atomic E-state index is 0.343. The van der Waals surface area contributed by atoms with Gasteiger partial charge in [0.25, 0.3) is 5.91 Å². The Bertz CT molecular complexity index is 756. The van der Waals surface area contributed by atoms with Crippen LogP contribution in [0.2, 0.25) is 0 Å². The molecule has 0 radical (unpaired) electrons. The summed E-state index contributed by atoms with van der Waals surface area (Å²) in [5.74, 6) is -0.970. The molecule has 1 aliphatic heterocycles. The van der Waals surface area contributed by atoms with Crippen LogP contribution in [0.5, 0.6) is 0 Å². The number of aryl methyl sites for hydroxylation is 1. The standard InChI is InChI=1S/C17H20N4O4S/c1-2-14-16(26-20-19-14)17(23)25-11-15(22)18-12-3-5-13(6-4-12)21-7-9-24-10-8-21/h3-6H,2,7-11H2,1H3,(H,18,22). The normalized spacial score (nSPS) is 14.1. The highest BCUT2D eigenvalue weighted by Crippen LogP contribution is 2.19. The quantitative estimate of drug-likeness (QED) is 0.768. The molecule has 8 nitrogen and oxygen atoms in total. The highest BCUT2D eigenvalue weighted by atomic mass is 32.1. The van der Waals surface area contributed by atoms with Gasteiger partial charge in [0.2, 0.25) is 0 Å². The maximum atomic E-state index is 12.0. The van der Waals surface area contributed by atoms with Crippen LogP contribution in [0.3, 0.4) is 0 Å². The Morgan fingerprint density at radius 1 is 1.27 bits per heavy atom. The predicted molar refractivity (Wildman–Crippen MR) is 97.7 cm³/mol. The van der Waals surface area contributed by atoms with E-state index in [9.17, 15) is 9.59 Å². The molecule has 0 aliphatic carbocycles. The van der Waals surface area contributed by atoms with Crippen LogP contribution in [-0.4, -0.2) is 54.4 Å². The number of rotatable bonds is 6. The highest BCUT2D eigenvalue weighted by Gasteiger charge is 2.18. The van der Waals surface area contributed by atoms with Crippen molar-refractivity contribution in [3.63, 3.8) is 0 Å². The van der Waals surface area contributed by atoms with E-state index in [1.807, 2.05) is 31.2 Å². The third-order valence-corrected chi connectivity index (χ3v) is 4.69. The second-order valence-corrected chi connectivity index (χ2v) is 6.43. The molecule has 1 amide bonds. The number of carbonyl (C=O) groups excluding carboxylic acids is 2. The number of hydrogen-bond acceptors (Lipinski definition) is 8. The third kappa shape index (κ3) is 4.55. The van der Waals surface area contributed by atoms with Gasteiger partial charge in [-0.05, 0) is 42.2 Å². The Morgan fingerprint density at radius 2 is 2.00 bits per heavy atom. The van der Waals surface area contributed by atoms with Gasteiger partial charge in [0.15, 0.2) is 11.5 Å². The van der Waals surface area contributed by atoms with E-state index in [0.29, 0.717) is 22.7 Å². The first kappa shape index (κ1) is 18.3. The summed E-state index contributed by atoms with van der Waals surface area (Å²) < 4.78 is 14.1. The average molecular weight is 376 g/mol. The average Bonchev–Trinajstić information content (AvgIpc) is 3.16. The van der Waals surface area contributed by atoms with E-state index >= 15 is 0 Å². The van der Waals surface area contributed by atoms with Gasteiger partial charge in [-0.15, -0.1) is 5.10 Å². The van der Waals surface area contributed by atoms with Gasteiger partial charge >= 0.3 is 5.97 Å². The first-order valence-electron chi connectivity index (χ1n) is 8.38. The zero-order valence-electron chi connectivity index (χ0n) is 14.4. The minimum Gasteiger partial charge on any atom is -0.451 e. The van der Waals surface area contributed by atoms with Gasteiger partial charge in [-0.3, -0.25) is 4.79 Å². The Labute approximate surface area is 155 Å². The molecular formula is C17H20N4O4S. The molecule has 26 heavy (non-hydrogen) atoms. The second-order valence-electron chi connectivity index (χ2n) is 5.67. The van der Waals surface area contributed by atoms with Gasteiger partial charge in [-0.2, -0.15) is 0 Å². The highest BCUT2D eigenvalue weighted by molar-refractivity contribution is 7.07. The number of esters is 1. The fourth-order valence-electron chi connectivity index (χ4n) is 2.57. The van der Waals surface area contributed by atoms with E-state index in [2.05, 4.69) is 19.8 Å². The lowest BCUT2D eigenvalue weighted by atomic mass is 10.2. The molecule has 1 saturated heterocycles. The topological polar surface area (TPSA) is 93.7 Å². The summed E-state index contributed by atoms with van der Waals surface area (Å²) in [5, 5.41) is 6.57. The lowest BCUT2D eigenvalue weighted by Gasteiger charge is -2.28. The van der Waals surface area contributed by atoms with Crippen molar-refractivity contribution in [1.29, 1.82) is 0 Å². The number of hydrogen-bond donors (Lipinski definition) is 1. The van der Waals surface area contributed by atoms with Crippen LogP contribution in [0.15, 0.2) is 24.3 Å². The van der Waals surface area contributed by atoms with Crippen molar-refractivity contribution < 1.29 is 19.1 Å². The molecule has 138 valence electrons. The molecule has 9 heteroatoms. The van der Waals surface area contributed by atoms with Crippen LogP contribution in [0.1, 0.15) is 22.3 Å². The molecule has 1 aliphatic rings. The first-order valence-corrected chi connectivity index (χ1v) is 9.15. The number of nitrogens with zero attached hydrogens (tertiary/aromatic N) is 3. The van der Waals surface area contributed by atoms with E-state index in [-0.39, 0.29) is 6.61 Å². The van der Waals surface area contributed by atoms with Gasteiger partial charge in [-0.25, -0.2) is 4.79 Å². The second kappa shape index (κ2) is 8.72. The Hall–Kier alpha value is -2.52. The molecule has 1 fully saturated rings. The molecule has 0 spiro atoms. The molecule has 2 aromatic rings. The van der Waals surface area contributed by atoms with Crippen LogP contribution < -0.4 is 10.2 Å². The fraction of sp³-hybridized carbons (Fsp3) is 0.412. The molecule has 3 rings (SSSR count). The van der Waals surface area contributed by atoms with Crippen LogP contribution in [0.25, 0.3) is 0 Å². The number of anilines is 2. The monoisotopic (exact) mass is 376 g/mol. The number of amides is 1. The van der Waals surface area contributed by atoms with Gasteiger partial charge in [0.1, 0.15) is 0 Å². The van der Waals surface area contributed by atoms with E-state index < -0.39 is 11.9 Å². The number of nitrogens with one attached hydrogen (secondary N) is 1. The lowest BCUT2D eigenvalue weighted by molar-refractivity contribution is -0.119. The summed E-state index contributed by atoms with van der Waals surface area (Å²) in [6, 6.07) is 7.55. The number of ether oxygens (including phenoxy) is 2. The summed E-state index contributed by atoms with van der Waals surface area (Å²) in [6.45, 7) is 4.67. The molecule has 1 aromatic heterocycles. The minimum atomic E-state index is -0.574. The number of carbonyl (C=O) groups is 2. The van der Waals surface area contributed by atoms with E-state index in [0.717, 1.165) is 43.5 Å². The maximum absolute atomic E-state index is 12.0. The summed E-state index contributed by atoms with van der Waals surface area (Å²) >= 11 is 0.972. The van der Waals surface area contributed by atoms with Crippen LogP contribution in [-0.2, 0) is 20.7 Å². The van der Waals surface area contributed by atoms with E-state index in [1.54, 1.807) is 0 Å². The lowest BCUT2D eigenvalue weighted by Crippen LogP contribution is -2.36. The Kier molecular flexibility index (Phi) is 6.13. The van der Waals surface area contributed by atoms with Crippen molar-refractivity contribution >= 4 is 34.8 Å². The molecule has 1 N–H and O–H groups in total. The summed E-state index contributed by atoms with van der Waals surface area (Å²) in [4.78, 5) is 26.5. The van der Waals surface area contributed by atoms with Crippen molar-refractivity contribution in [1.82, 2.24) is 9.59 Å². The van der Waals surface area contributed by atoms with Gasteiger partial charge in [0.05, 0.1) is 18.9 Å². The van der Waals surface area contributed by atoms with Gasteiger partial charge < -0.3 is 19.7 Å². The summed E-state index contributed by atoms with van der Waals surface area (Å²) in [6.07, 6.45) is 0.586. The summed E-state index contributed by atoms with van der Waals surface area (Å²) in [7, 11) is 0. The van der Waals surface area contributed by atoms with Gasteiger partial charge in [0, 0.05) is 24.5 Å². The van der Waals surface area contributed by atoms with Crippen LogP contribution in [0, 0.1) is 0 Å².